The largest absolute Gasteiger partial charge is 0.304 e. The molecule has 1 aromatic rings. The van der Waals surface area contributed by atoms with Crippen molar-refractivity contribution in [2.75, 3.05) is 12.0 Å². The van der Waals surface area contributed by atoms with E-state index in [1.807, 2.05) is 12.1 Å². The van der Waals surface area contributed by atoms with Crippen molar-refractivity contribution in [1.82, 2.24) is 10.3 Å². The van der Waals surface area contributed by atoms with E-state index in [1.165, 1.54) is 6.26 Å². The highest BCUT2D eigenvalue weighted by Gasteiger charge is 2.45. The molecule has 5 heteroatoms. The molecule has 0 atom stereocenters. The fourth-order valence-electron chi connectivity index (χ4n) is 2.35. The van der Waals surface area contributed by atoms with Crippen LogP contribution in [0.3, 0.4) is 0 Å². The number of hydrogen-bond acceptors (Lipinski definition) is 4. The van der Waals surface area contributed by atoms with Crippen molar-refractivity contribution >= 4 is 9.84 Å². The minimum absolute atomic E-state index is 0.0231. The van der Waals surface area contributed by atoms with Gasteiger partial charge in [-0.1, -0.05) is 0 Å². The number of rotatable bonds is 6. The maximum atomic E-state index is 11.2. The molecular weight excluding hydrogens is 260 g/mol. The Morgan fingerprint density at radius 3 is 2.63 bits per heavy atom. The van der Waals surface area contributed by atoms with Crippen LogP contribution in [0, 0.1) is 0 Å². The van der Waals surface area contributed by atoms with Crippen molar-refractivity contribution in [3.63, 3.8) is 0 Å². The number of hydrogen-bond donors (Lipinski definition) is 1. The van der Waals surface area contributed by atoms with E-state index in [-0.39, 0.29) is 11.3 Å². The number of nitrogens with zero attached hydrogens (tertiary/aromatic N) is 1. The Bertz CT molecular complexity index is 548. The number of nitrogens with one attached hydrogen (secondary N) is 1. The van der Waals surface area contributed by atoms with Gasteiger partial charge >= 0.3 is 0 Å². The molecule has 0 aliphatic heterocycles. The van der Waals surface area contributed by atoms with Crippen LogP contribution in [0.15, 0.2) is 18.3 Å². The summed E-state index contributed by atoms with van der Waals surface area (Å²) in [5.74, 6) is 0.195. The van der Waals surface area contributed by atoms with E-state index in [4.69, 9.17) is 0 Å². The Morgan fingerprint density at radius 1 is 1.42 bits per heavy atom. The van der Waals surface area contributed by atoms with Gasteiger partial charge in [0.1, 0.15) is 9.84 Å². The quantitative estimate of drug-likeness (QED) is 0.862. The molecule has 0 unspecified atom stereocenters. The minimum atomic E-state index is -2.91. The molecule has 106 valence electrons. The van der Waals surface area contributed by atoms with E-state index in [9.17, 15) is 8.42 Å². The summed E-state index contributed by atoms with van der Waals surface area (Å²) in [4.78, 5) is 4.46. The molecule has 0 aromatic carbocycles. The number of pyridine rings is 1. The van der Waals surface area contributed by atoms with Gasteiger partial charge in [-0.3, -0.25) is 4.98 Å². The minimum Gasteiger partial charge on any atom is -0.304 e. The van der Waals surface area contributed by atoms with Gasteiger partial charge in [0, 0.05) is 18.5 Å². The summed E-state index contributed by atoms with van der Waals surface area (Å²) < 4.78 is 22.4. The van der Waals surface area contributed by atoms with Crippen LogP contribution in [0.25, 0.3) is 0 Å². The highest BCUT2D eigenvalue weighted by atomic mass is 32.2. The van der Waals surface area contributed by atoms with Gasteiger partial charge in [0.2, 0.25) is 0 Å². The van der Waals surface area contributed by atoms with Crippen LogP contribution in [0.2, 0.25) is 0 Å². The van der Waals surface area contributed by atoms with E-state index in [0.717, 1.165) is 24.1 Å². The molecule has 0 radical (unpaired) electrons. The molecule has 1 fully saturated rings. The Hall–Kier alpha value is -0.940. The standard InChI is InChI=1S/C14H22N2O2S/c1-11(2)16-14(6-7-14)13-10-12(4-8-15-13)5-9-19(3,17)18/h4,8,10-11,16H,5-7,9H2,1-3H3. The molecule has 4 nitrogen and oxygen atoms in total. The maximum absolute atomic E-state index is 11.2. The Morgan fingerprint density at radius 2 is 2.11 bits per heavy atom. The predicted molar refractivity (Wildman–Crippen MR) is 76.8 cm³/mol. The van der Waals surface area contributed by atoms with Crippen LogP contribution < -0.4 is 5.32 Å². The summed E-state index contributed by atoms with van der Waals surface area (Å²) in [5.41, 5.74) is 2.12. The maximum Gasteiger partial charge on any atom is 0.147 e. The first-order valence-corrected chi connectivity index (χ1v) is 8.78. The van der Waals surface area contributed by atoms with Crippen LogP contribution >= 0.6 is 0 Å². The third-order valence-electron chi connectivity index (χ3n) is 3.39. The summed E-state index contributed by atoms with van der Waals surface area (Å²) in [6.45, 7) is 4.27. The van der Waals surface area contributed by atoms with Gasteiger partial charge in [-0.05, 0) is 50.8 Å². The number of aryl methyl sites for hydroxylation is 1. The second-order valence-corrected chi connectivity index (χ2v) is 8.07. The number of aromatic nitrogens is 1. The van der Waals surface area contributed by atoms with E-state index in [0.29, 0.717) is 12.5 Å². The first kappa shape index (κ1) is 14.5. The lowest BCUT2D eigenvalue weighted by Gasteiger charge is -2.20. The van der Waals surface area contributed by atoms with Crippen molar-refractivity contribution in [3.8, 4) is 0 Å². The molecule has 1 aliphatic carbocycles. The topological polar surface area (TPSA) is 59.1 Å². The molecule has 1 saturated carbocycles. The summed E-state index contributed by atoms with van der Waals surface area (Å²) in [5, 5.41) is 3.57. The Labute approximate surface area is 115 Å². The van der Waals surface area contributed by atoms with E-state index in [2.05, 4.69) is 24.1 Å². The van der Waals surface area contributed by atoms with Gasteiger partial charge in [-0.2, -0.15) is 0 Å². The number of sulfone groups is 1. The van der Waals surface area contributed by atoms with Crippen LogP contribution in [-0.2, 0) is 21.8 Å². The first-order chi connectivity index (χ1) is 8.81. The normalized spacial score (nSPS) is 17.7. The molecule has 1 aliphatic rings. The van der Waals surface area contributed by atoms with E-state index < -0.39 is 9.84 Å². The average molecular weight is 282 g/mol. The monoisotopic (exact) mass is 282 g/mol. The predicted octanol–water partition coefficient (Wildman–Crippen LogP) is 1.66. The van der Waals surface area contributed by atoms with Crippen molar-refractivity contribution < 1.29 is 8.42 Å². The van der Waals surface area contributed by atoms with Gasteiger partial charge in [-0.15, -0.1) is 0 Å². The summed E-state index contributed by atoms with van der Waals surface area (Å²) in [7, 11) is -2.91. The molecule has 0 bridgehead atoms. The molecule has 2 rings (SSSR count). The molecule has 19 heavy (non-hydrogen) atoms. The zero-order chi connectivity index (χ0) is 14.1. The lowest BCUT2D eigenvalue weighted by atomic mass is 10.1. The molecular formula is C14H22N2O2S. The molecule has 1 heterocycles. The van der Waals surface area contributed by atoms with Crippen LogP contribution in [-0.4, -0.2) is 31.5 Å². The average Bonchev–Trinajstić information content (AvgIpc) is 3.06. The van der Waals surface area contributed by atoms with Crippen LogP contribution in [0.1, 0.15) is 37.9 Å². The smallest absolute Gasteiger partial charge is 0.147 e. The van der Waals surface area contributed by atoms with Crippen molar-refractivity contribution in [3.05, 3.63) is 29.6 Å². The zero-order valence-electron chi connectivity index (χ0n) is 11.8. The van der Waals surface area contributed by atoms with Gasteiger partial charge in [-0.25, -0.2) is 8.42 Å². The van der Waals surface area contributed by atoms with Crippen molar-refractivity contribution in [1.29, 1.82) is 0 Å². The van der Waals surface area contributed by atoms with Gasteiger partial charge < -0.3 is 5.32 Å². The second kappa shape index (κ2) is 5.21. The van der Waals surface area contributed by atoms with Crippen molar-refractivity contribution in [2.45, 2.75) is 44.7 Å². The van der Waals surface area contributed by atoms with Crippen LogP contribution in [0.4, 0.5) is 0 Å². The summed E-state index contributed by atoms with van der Waals surface area (Å²) in [6.07, 6.45) is 5.83. The van der Waals surface area contributed by atoms with Gasteiger partial charge in [0.15, 0.2) is 0 Å². The molecule has 0 amide bonds. The zero-order valence-corrected chi connectivity index (χ0v) is 12.6. The Balaban J connectivity index is 2.11. The first-order valence-electron chi connectivity index (χ1n) is 6.72. The SMILES string of the molecule is CC(C)NC1(c2cc(CCS(C)(=O)=O)ccn2)CC1. The summed E-state index contributed by atoms with van der Waals surface area (Å²) >= 11 is 0. The van der Waals surface area contributed by atoms with Crippen molar-refractivity contribution in [2.24, 2.45) is 0 Å². The third kappa shape index (κ3) is 4.01. The highest BCUT2D eigenvalue weighted by Crippen LogP contribution is 2.45. The highest BCUT2D eigenvalue weighted by molar-refractivity contribution is 7.90. The van der Waals surface area contributed by atoms with Crippen LogP contribution in [0.5, 0.6) is 0 Å². The fourth-order valence-corrected chi connectivity index (χ4v) is 2.95. The molecule has 0 saturated heterocycles. The fraction of sp³-hybridized carbons (Fsp3) is 0.643. The molecule has 1 N–H and O–H groups in total. The summed E-state index contributed by atoms with van der Waals surface area (Å²) in [6, 6.07) is 4.37. The molecule has 1 aromatic heterocycles. The Kier molecular flexibility index (Phi) is 3.97. The molecule has 0 spiro atoms. The lowest BCUT2D eigenvalue weighted by Crippen LogP contribution is -2.35. The lowest BCUT2D eigenvalue weighted by molar-refractivity contribution is 0.452. The van der Waals surface area contributed by atoms with E-state index >= 15 is 0 Å². The van der Waals surface area contributed by atoms with Gasteiger partial charge in [0.25, 0.3) is 0 Å². The van der Waals surface area contributed by atoms with Gasteiger partial charge in [0.05, 0.1) is 17.0 Å². The second-order valence-electron chi connectivity index (χ2n) is 5.81. The van der Waals surface area contributed by atoms with E-state index in [1.54, 1.807) is 6.20 Å². The third-order valence-corrected chi connectivity index (χ3v) is 4.34.